The lowest BCUT2D eigenvalue weighted by molar-refractivity contribution is 0.0918. The number of carbonyl (C=O) groups excluding carboxylic acids is 1. The van der Waals surface area contributed by atoms with Gasteiger partial charge in [-0.2, -0.15) is 0 Å². The Labute approximate surface area is 145 Å². The molecule has 0 aliphatic carbocycles. The number of methoxy groups -OCH3 is 2. The Morgan fingerprint density at radius 2 is 1.77 bits per heavy atom. The molecule has 6 heteroatoms. The van der Waals surface area contributed by atoms with Crippen LogP contribution in [0, 0.1) is 0 Å². The van der Waals surface area contributed by atoms with E-state index >= 15 is 0 Å². The first-order chi connectivity index (χ1) is 10.5. The largest absolute Gasteiger partial charge is 0.497 e. The number of ether oxygens (including phenoxy) is 3. The molecule has 4 nitrogen and oxygen atoms in total. The summed E-state index contributed by atoms with van der Waals surface area (Å²) >= 11 is 6.76. The van der Waals surface area contributed by atoms with Crippen molar-refractivity contribution >= 4 is 37.6 Å². The van der Waals surface area contributed by atoms with E-state index in [1.54, 1.807) is 31.4 Å². The van der Waals surface area contributed by atoms with E-state index in [0.29, 0.717) is 22.8 Å². The van der Waals surface area contributed by atoms with Crippen LogP contribution < -0.4 is 14.2 Å². The third-order valence-electron chi connectivity index (χ3n) is 2.96. The summed E-state index contributed by atoms with van der Waals surface area (Å²) in [7, 11) is 3.07. The smallest absolute Gasteiger partial charge is 0.203 e. The lowest BCUT2D eigenvalue weighted by Crippen LogP contribution is -2.13. The number of ketones is 1. The third-order valence-corrected chi connectivity index (χ3v) is 4.07. The predicted molar refractivity (Wildman–Crippen MR) is 91.2 cm³/mol. The van der Waals surface area contributed by atoms with E-state index < -0.39 is 0 Å². The molecule has 22 heavy (non-hydrogen) atoms. The van der Waals surface area contributed by atoms with Gasteiger partial charge in [0.2, 0.25) is 5.78 Å². The summed E-state index contributed by atoms with van der Waals surface area (Å²) in [5, 5.41) is 0. The summed E-state index contributed by atoms with van der Waals surface area (Å²) in [4.78, 5) is 12.3. The minimum atomic E-state index is -0.172. The van der Waals surface area contributed by atoms with Gasteiger partial charge < -0.3 is 14.2 Å². The van der Waals surface area contributed by atoms with Gasteiger partial charge in [-0.1, -0.05) is 15.9 Å². The Balaban J connectivity index is 2.12. The monoisotopic (exact) mass is 428 g/mol. The first-order valence-corrected chi connectivity index (χ1v) is 7.97. The molecule has 2 rings (SSSR count). The molecule has 0 radical (unpaired) electrons. The van der Waals surface area contributed by atoms with E-state index in [2.05, 4.69) is 31.9 Å². The van der Waals surface area contributed by atoms with Crippen LogP contribution in [0.25, 0.3) is 0 Å². The fourth-order valence-electron chi connectivity index (χ4n) is 1.84. The molecule has 0 spiro atoms. The minimum absolute atomic E-state index is 0.0804. The Morgan fingerprint density at radius 3 is 2.41 bits per heavy atom. The van der Waals surface area contributed by atoms with Crippen LogP contribution in [0.4, 0.5) is 0 Å². The second kappa shape index (κ2) is 7.65. The highest BCUT2D eigenvalue weighted by Crippen LogP contribution is 2.29. The Kier molecular flexibility index (Phi) is 5.85. The van der Waals surface area contributed by atoms with Crippen molar-refractivity contribution in [3.05, 3.63) is 50.9 Å². The van der Waals surface area contributed by atoms with Crippen LogP contribution in [0.3, 0.4) is 0 Å². The van der Waals surface area contributed by atoms with Crippen LogP contribution in [0.15, 0.2) is 45.3 Å². The van der Waals surface area contributed by atoms with Gasteiger partial charge in [0.25, 0.3) is 0 Å². The van der Waals surface area contributed by atoms with Crippen molar-refractivity contribution < 1.29 is 19.0 Å². The van der Waals surface area contributed by atoms with Gasteiger partial charge in [-0.15, -0.1) is 0 Å². The molecule has 2 aromatic rings. The van der Waals surface area contributed by atoms with Crippen LogP contribution >= 0.6 is 31.9 Å². The quantitative estimate of drug-likeness (QED) is 0.634. The van der Waals surface area contributed by atoms with Gasteiger partial charge >= 0.3 is 0 Å². The van der Waals surface area contributed by atoms with Gasteiger partial charge in [0.1, 0.15) is 17.2 Å². The fraction of sp³-hybridized carbons (Fsp3) is 0.188. The molecule has 2 aromatic carbocycles. The van der Waals surface area contributed by atoms with Crippen LogP contribution in [-0.4, -0.2) is 26.6 Å². The number of carbonyl (C=O) groups is 1. The summed E-state index contributed by atoms with van der Waals surface area (Å²) in [5.74, 6) is 1.52. The molecule has 0 aliphatic heterocycles. The van der Waals surface area contributed by atoms with E-state index in [-0.39, 0.29) is 12.4 Å². The maximum absolute atomic E-state index is 12.3. The van der Waals surface area contributed by atoms with E-state index in [4.69, 9.17) is 14.2 Å². The first-order valence-electron chi connectivity index (χ1n) is 6.38. The molecule has 0 unspecified atom stereocenters. The van der Waals surface area contributed by atoms with Gasteiger partial charge in [0, 0.05) is 10.5 Å². The highest BCUT2D eigenvalue weighted by atomic mass is 79.9. The zero-order valence-electron chi connectivity index (χ0n) is 12.1. The van der Waals surface area contributed by atoms with E-state index in [1.165, 1.54) is 7.11 Å². The molecular formula is C16H14Br2O4. The lowest BCUT2D eigenvalue weighted by atomic mass is 10.1. The molecule has 0 saturated heterocycles. The molecule has 0 bridgehead atoms. The van der Waals surface area contributed by atoms with Crippen molar-refractivity contribution in [3.63, 3.8) is 0 Å². The van der Waals surface area contributed by atoms with Crippen molar-refractivity contribution in [2.75, 3.05) is 20.8 Å². The molecule has 0 N–H and O–H groups in total. The van der Waals surface area contributed by atoms with E-state index in [9.17, 15) is 4.79 Å². The minimum Gasteiger partial charge on any atom is -0.497 e. The normalized spacial score (nSPS) is 10.2. The number of Topliss-reactive ketones (excluding diaryl/α,β-unsaturated/α-hetero) is 1. The van der Waals surface area contributed by atoms with Crippen molar-refractivity contribution in [1.29, 1.82) is 0 Å². The van der Waals surface area contributed by atoms with Crippen LogP contribution in [0.1, 0.15) is 10.4 Å². The summed E-state index contributed by atoms with van der Waals surface area (Å²) in [6.45, 7) is -0.0804. The maximum Gasteiger partial charge on any atom is 0.203 e. The van der Waals surface area contributed by atoms with Gasteiger partial charge in [-0.05, 0) is 46.3 Å². The van der Waals surface area contributed by atoms with Crippen LogP contribution in [0.5, 0.6) is 17.2 Å². The third kappa shape index (κ3) is 4.01. The first kappa shape index (κ1) is 16.8. The summed E-state index contributed by atoms with van der Waals surface area (Å²) in [5.41, 5.74) is 0.455. The molecule has 0 saturated carbocycles. The molecule has 0 fully saturated rings. The van der Waals surface area contributed by atoms with Gasteiger partial charge in [0.05, 0.1) is 24.3 Å². The Morgan fingerprint density at radius 1 is 1.00 bits per heavy atom. The number of benzene rings is 2. The highest BCUT2D eigenvalue weighted by Gasteiger charge is 2.14. The molecule has 0 heterocycles. The zero-order chi connectivity index (χ0) is 16.1. The summed E-state index contributed by atoms with van der Waals surface area (Å²) in [6.07, 6.45) is 0. The zero-order valence-corrected chi connectivity index (χ0v) is 15.2. The van der Waals surface area contributed by atoms with Crippen molar-refractivity contribution in [2.24, 2.45) is 0 Å². The average molecular weight is 430 g/mol. The molecular weight excluding hydrogens is 416 g/mol. The highest BCUT2D eigenvalue weighted by molar-refractivity contribution is 9.11. The lowest BCUT2D eigenvalue weighted by Gasteiger charge is -2.11. The van der Waals surface area contributed by atoms with Crippen LogP contribution in [-0.2, 0) is 0 Å². The molecule has 0 amide bonds. The van der Waals surface area contributed by atoms with Crippen molar-refractivity contribution in [3.8, 4) is 17.2 Å². The number of rotatable bonds is 6. The fourth-order valence-corrected chi connectivity index (χ4v) is 3.00. The topological polar surface area (TPSA) is 44.8 Å². The van der Waals surface area contributed by atoms with E-state index in [0.717, 1.165) is 8.95 Å². The molecule has 0 atom stereocenters. The molecule has 0 aliphatic rings. The standard InChI is InChI=1S/C16H14Br2O4/c1-20-11-4-5-12(16(8-11)21-2)14(19)9-22-15-6-3-10(17)7-13(15)18/h3-8H,9H2,1-2H3. The van der Waals surface area contributed by atoms with Gasteiger partial charge in [-0.3, -0.25) is 4.79 Å². The maximum atomic E-state index is 12.3. The number of hydrogen-bond donors (Lipinski definition) is 0. The van der Waals surface area contributed by atoms with Crippen molar-refractivity contribution in [1.82, 2.24) is 0 Å². The second-order valence-corrected chi connectivity index (χ2v) is 6.12. The summed E-state index contributed by atoms with van der Waals surface area (Å²) in [6, 6.07) is 10.5. The predicted octanol–water partition coefficient (Wildman–Crippen LogP) is 4.49. The summed E-state index contributed by atoms with van der Waals surface area (Å²) < 4.78 is 17.6. The number of halogens is 2. The van der Waals surface area contributed by atoms with Gasteiger partial charge in [0.15, 0.2) is 6.61 Å². The Bertz CT molecular complexity index is 686. The average Bonchev–Trinajstić information content (AvgIpc) is 2.53. The molecule has 116 valence electrons. The number of hydrogen-bond acceptors (Lipinski definition) is 4. The molecule has 0 aromatic heterocycles. The SMILES string of the molecule is COc1ccc(C(=O)COc2ccc(Br)cc2Br)c(OC)c1. The van der Waals surface area contributed by atoms with E-state index in [1.807, 2.05) is 12.1 Å². The second-order valence-electron chi connectivity index (χ2n) is 4.35. The van der Waals surface area contributed by atoms with Crippen LogP contribution in [0.2, 0.25) is 0 Å². The van der Waals surface area contributed by atoms with Gasteiger partial charge in [-0.25, -0.2) is 0 Å². The van der Waals surface area contributed by atoms with Crippen molar-refractivity contribution in [2.45, 2.75) is 0 Å². The Hall–Kier alpha value is -1.53.